The molecule has 1 aliphatic carbocycles. The Morgan fingerprint density at radius 3 is 2.50 bits per heavy atom. The number of benzene rings is 2. The zero-order chi connectivity index (χ0) is 16.5. The normalized spacial score (nSPS) is 19.0. The van der Waals surface area contributed by atoms with Crippen molar-refractivity contribution in [2.45, 2.75) is 25.5 Å². The summed E-state index contributed by atoms with van der Waals surface area (Å²) in [6, 6.07) is 15.8. The van der Waals surface area contributed by atoms with Crippen LogP contribution in [-0.2, 0) is 22.6 Å². The van der Waals surface area contributed by atoms with Gasteiger partial charge in [-0.2, -0.15) is 0 Å². The molecule has 0 unspecified atom stereocenters. The van der Waals surface area contributed by atoms with E-state index in [-0.39, 0.29) is 17.9 Å². The SMILES string of the molecule is O=C1C=CC(=O)N1[C@H]1CCc2cc(OCc3ccccc3)ccc21. The van der Waals surface area contributed by atoms with Crippen LogP contribution in [0.15, 0.2) is 60.7 Å². The highest BCUT2D eigenvalue weighted by molar-refractivity contribution is 6.13. The molecule has 1 aliphatic heterocycles. The molecule has 0 saturated heterocycles. The van der Waals surface area contributed by atoms with Gasteiger partial charge in [0.05, 0.1) is 6.04 Å². The number of carbonyl (C=O) groups is 2. The number of ether oxygens (including phenoxy) is 1. The molecular weight excluding hydrogens is 302 g/mol. The number of amides is 2. The van der Waals surface area contributed by atoms with Crippen molar-refractivity contribution in [2.24, 2.45) is 0 Å². The molecule has 1 atom stereocenters. The van der Waals surface area contributed by atoms with Crippen molar-refractivity contribution in [1.82, 2.24) is 4.90 Å². The molecule has 0 aromatic heterocycles. The molecule has 2 aromatic carbocycles. The molecule has 2 aromatic rings. The summed E-state index contributed by atoms with van der Waals surface area (Å²) < 4.78 is 5.86. The van der Waals surface area contributed by atoms with Gasteiger partial charge >= 0.3 is 0 Å². The van der Waals surface area contributed by atoms with Crippen LogP contribution < -0.4 is 4.74 Å². The molecule has 0 saturated carbocycles. The number of imide groups is 1. The van der Waals surface area contributed by atoms with Gasteiger partial charge in [-0.05, 0) is 41.7 Å². The van der Waals surface area contributed by atoms with Crippen LogP contribution in [-0.4, -0.2) is 16.7 Å². The second kappa shape index (κ2) is 5.96. The topological polar surface area (TPSA) is 46.6 Å². The first kappa shape index (κ1) is 14.7. The van der Waals surface area contributed by atoms with E-state index in [1.165, 1.54) is 17.1 Å². The predicted octanol–water partition coefficient (Wildman–Crippen LogP) is 3.18. The highest BCUT2D eigenvalue weighted by Gasteiger charge is 2.36. The molecule has 2 aliphatic rings. The summed E-state index contributed by atoms with van der Waals surface area (Å²) in [5.41, 5.74) is 3.32. The number of carbonyl (C=O) groups excluding carboxylic acids is 2. The number of hydrogen-bond acceptors (Lipinski definition) is 3. The highest BCUT2D eigenvalue weighted by atomic mass is 16.5. The van der Waals surface area contributed by atoms with E-state index in [9.17, 15) is 9.59 Å². The molecule has 0 fully saturated rings. The summed E-state index contributed by atoms with van der Waals surface area (Å²) in [5, 5.41) is 0. The molecule has 4 nitrogen and oxygen atoms in total. The second-order valence-corrected chi connectivity index (χ2v) is 6.07. The molecule has 2 amide bonds. The van der Waals surface area contributed by atoms with Crippen LogP contribution in [0.4, 0.5) is 0 Å². The number of rotatable bonds is 4. The Kier molecular flexibility index (Phi) is 3.65. The van der Waals surface area contributed by atoms with Gasteiger partial charge in [0, 0.05) is 12.2 Å². The van der Waals surface area contributed by atoms with Crippen LogP contribution in [0.3, 0.4) is 0 Å². The molecule has 0 N–H and O–H groups in total. The zero-order valence-electron chi connectivity index (χ0n) is 13.1. The lowest BCUT2D eigenvalue weighted by molar-refractivity contribution is -0.139. The maximum Gasteiger partial charge on any atom is 0.254 e. The lowest BCUT2D eigenvalue weighted by atomic mass is 10.1. The fraction of sp³-hybridized carbons (Fsp3) is 0.200. The minimum absolute atomic E-state index is 0.154. The van der Waals surface area contributed by atoms with Crippen molar-refractivity contribution in [2.75, 3.05) is 0 Å². The van der Waals surface area contributed by atoms with Crippen molar-refractivity contribution in [1.29, 1.82) is 0 Å². The second-order valence-electron chi connectivity index (χ2n) is 6.07. The van der Waals surface area contributed by atoms with Crippen LogP contribution in [0.1, 0.15) is 29.2 Å². The largest absolute Gasteiger partial charge is 0.489 e. The van der Waals surface area contributed by atoms with Crippen molar-refractivity contribution in [3.05, 3.63) is 77.4 Å². The van der Waals surface area contributed by atoms with Gasteiger partial charge in [-0.1, -0.05) is 36.4 Å². The third-order valence-corrected chi connectivity index (χ3v) is 4.56. The van der Waals surface area contributed by atoms with Crippen LogP contribution >= 0.6 is 0 Å². The minimum Gasteiger partial charge on any atom is -0.489 e. The molecule has 4 rings (SSSR count). The maximum absolute atomic E-state index is 11.9. The smallest absolute Gasteiger partial charge is 0.254 e. The molecule has 120 valence electrons. The van der Waals surface area contributed by atoms with E-state index < -0.39 is 0 Å². The van der Waals surface area contributed by atoms with Crippen LogP contribution in [0.5, 0.6) is 5.75 Å². The number of fused-ring (bicyclic) bond motifs is 1. The molecule has 24 heavy (non-hydrogen) atoms. The van der Waals surface area contributed by atoms with E-state index in [4.69, 9.17) is 4.74 Å². The van der Waals surface area contributed by atoms with E-state index in [1.807, 2.05) is 48.5 Å². The first-order chi connectivity index (χ1) is 11.7. The first-order valence-electron chi connectivity index (χ1n) is 8.07. The monoisotopic (exact) mass is 319 g/mol. The number of aryl methyl sites for hydroxylation is 1. The van der Waals surface area contributed by atoms with E-state index in [0.717, 1.165) is 35.3 Å². The fourth-order valence-electron chi connectivity index (χ4n) is 3.39. The Morgan fingerprint density at radius 1 is 1.00 bits per heavy atom. The quantitative estimate of drug-likeness (QED) is 0.813. The average Bonchev–Trinajstić information content (AvgIpc) is 3.16. The fourth-order valence-corrected chi connectivity index (χ4v) is 3.39. The zero-order valence-corrected chi connectivity index (χ0v) is 13.1. The van der Waals surface area contributed by atoms with Crippen LogP contribution in [0.25, 0.3) is 0 Å². The Morgan fingerprint density at radius 2 is 1.75 bits per heavy atom. The summed E-state index contributed by atoms with van der Waals surface area (Å²) in [6.45, 7) is 0.524. The van der Waals surface area contributed by atoms with Crippen molar-refractivity contribution >= 4 is 11.8 Å². The average molecular weight is 319 g/mol. The summed E-state index contributed by atoms with van der Waals surface area (Å²) in [4.78, 5) is 25.2. The molecule has 0 bridgehead atoms. The third-order valence-electron chi connectivity index (χ3n) is 4.56. The van der Waals surface area contributed by atoms with Gasteiger partial charge in [0.25, 0.3) is 11.8 Å². The molecular formula is C20H17NO3. The summed E-state index contributed by atoms with van der Waals surface area (Å²) >= 11 is 0. The van der Waals surface area contributed by atoms with Gasteiger partial charge in [-0.15, -0.1) is 0 Å². The predicted molar refractivity (Wildman–Crippen MR) is 89.3 cm³/mol. The lowest BCUT2D eigenvalue weighted by Gasteiger charge is -2.22. The van der Waals surface area contributed by atoms with E-state index in [2.05, 4.69) is 0 Å². The van der Waals surface area contributed by atoms with E-state index in [1.54, 1.807) is 0 Å². The molecule has 1 heterocycles. The van der Waals surface area contributed by atoms with E-state index >= 15 is 0 Å². The summed E-state index contributed by atoms with van der Waals surface area (Å²) in [6.07, 6.45) is 4.31. The molecule has 0 radical (unpaired) electrons. The Labute approximate surface area is 140 Å². The van der Waals surface area contributed by atoms with Crippen molar-refractivity contribution in [3.63, 3.8) is 0 Å². The lowest BCUT2D eigenvalue weighted by Crippen LogP contribution is -2.33. The Hall–Kier alpha value is -2.88. The van der Waals surface area contributed by atoms with Gasteiger partial charge in [-0.25, -0.2) is 0 Å². The van der Waals surface area contributed by atoms with Crippen LogP contribution in [0.2, 0.25) is 0 Å². The highest BCUT2D eigenvalue weighted by Crippen LogP contribution is 2.38. The number of nitrogens with zero attached hydrogens (tertiary/aromatic N) is 1. The van der Waals surface area contributed by atoms with Gasteiger partial charge < -0.3 is 4.74 Å². The molecule has 4 heteroatoms. The minimum atomic E-state index is -0.220. The maximum atomic E-state index is 11.9. The Bertz CT molecular complexity index is 808. The molecule has 0 spiro atoms. The summed E-state index contributed by atoms with van der Waals surface area (Å²) in [5.74, 6) is 0.375. The Balaban J connectivity index is 1.51. The number of hydrogen-bond donors (Lipinski definition) is 0. The standard InChI is InChI=1S/C20H17NO3/c22-19-10-11-20(23)21(19)18-9-6-15-12-16(7-8-17(15)18)24-13-14-4-2-1-3-5-14/h1-5,7-8,10-12,18H,6,9,13H2/t18-/m0/s1. The van der Waals surface area contributed by atoms with Crippen molar-refractivity contribution in [3.8, 4) is 5.75 Å². The van der Waals surface area contributed by atoms with Gasteiger partial charge in [0.15, 0.2) is 0 Å². The first-order valence-corrected chi connectivity index (χ1v) is 8.07. The van der Waals surface area contributed by atoms with Crippen molar-refractivity contribution < 1.29 is 14.3 Å². The van der Waals surface area contributed by atoms with Gasteiger partial charge in [0.2, 0.25) is 0 Å². The van der Waals surface area contributed by atoms with E-state index in [0.29, 0.717) is 6.61 Å². The van der Waals surface area contributed by atoms with Crippen LogP contribution in [0, 0.1) is 0 Å². The van der Waals surface area contributed by atoms with Gasteiger partial charge in [0.1, 0.15) is 12.4 Å². The summed E-state index contributed by atoms with van der Waals surface area (Å²) in [7, 11) is 0. The van der Waals surface area contributed by atoms with Gasteiger partial charge in [-0.3, -0.25) is 14.5 Å². The third kappa shape index (κ3) is 2.60.